The molecule has 2 heterocycles. The van der Waals surface area contributed by atoms with Crippen LogP contribution in [0.2, 0.25) is 0 Å². The van der Waals surface area contributed by atoms with Crippen LogP contribution < -0.4 is 11.1 Å². The molecule has 6 heteroatoms. The number of hydrogen-bond acceptors (Lipinski definition) is 4. The van der Waals surface area contributed by atoms with E-state index in [1.807, 2.05) is 10.7 Å². The van der Waals surface area contributed by atoms with Crippen LogP contribution in [0.1, 0.15) is 32.6 Å². The van der Waals surface area contributed by atoms with E-state index in [4.69, 9.17) is 10.5 Å². The molecule has 3 N–H and O–H groups in total. The van der Waals surface area contributed by atoms with Crippen molar-refractivity contribution in [3.05, 3.63) is 12.3 Å². The van der Waals surface area contributed by atoms with E-state index in [1.54, 1.807) is 6.20 Å². The number of nitrogens with two attached hydrogens (primary N) is 1. The first-order valence-corrected chi connectivity index (χ1v) is 6.92. The lowest BCUT2D eigenvalue weighted by Gasteiger charge is -2.13. The molecule has 0 radical (unpaired) electrons. The van der Waals surface area contributed by atoms with Gasteiger partial charge in [-0.15, -0.1) is 0 Å². The number of ether oxygens (including phenoxy) is 1. The molecule has 0 bridgehead atoms. The molecule has 19 heavy (non-hydrogen) atoms. The second-order valence-electron chi connectivity index (χ2n) is 4.84. The molecule has 0 spiro atoms. The van der Waals surface area contributed by atoms with Gasteiger partial charge in [0, 0.05) is 19.2 Å². The largest absolute Gasteiger partial charge is 0.364 e. The molecule has 2 rings (SSSR count). The van der Waals surface area contributed by atoms with E-state index in [0.29, 0.717) is 6.54 Å². The van der Waals surface area contributed by atoms with E-state index in [0.717, 1.165) is 38.0 Å². The number of unbranched alkanes of at least 4 members (excludes halogenated alkanes) is 1. The van der Waals surface area contributed by atoms with Gasteiger partial charge in [0.25, 0.3) is 5.91 Å². The Morgan fingerprint density at radius 2 is 2.47 bits per heavy atom. The second kappa shape index (κ2) is 6.68. The minimum atomic E-state index is -0.386. The summed E-state index contributed by atoms with van der Waals surface area (Å²) in [7, 11) is 0. The summed E-state index contributed by atoms with van der Waals surface area (Å²) < 4.78 is 7.39. The molecule has 1 aliphatic heterocycles. The molecule has 0 aromatic carbocycles. The zero-order valence-electron chi connectivity index (χ0n) is 11.3. The summed E-state index contributed by atoms with van der Waals surface area (Å²) in [5, 5.41) is 7.09. The van der Waals surface area contributed by atoms with E-state index in [9.17, 15) is 4.79 Å². The summed E-state index contributed by atoms with van der Waals surface area (Å²) in [5.41, 5.74) is 5.54. The first kappa shape index (κ1) is 14.0. The van der Waals surface area contributed by atoms with Crippen molar-refractivity contribution in [3.8, 4) is 0 Å². The maximum atomic E-state index is 12.1. The van der Waals surface area contributed by atoms with Crippen LogP contribution in [0.3, 0.4) is 0 Å². The van der Waals surface area contributed by atoms with E-state index >= 15 is 0 Å². The summed E-state index contributed by atoms with van der Waals surface area (Å²) in [6, 6.07) is 1.81. The molecular formula is C13H22N4O2. The highest BCUT2D eigenvalue weighted by atomic mass is 16.5. The van der Waals surface area contributed by atoms with Gasteiger partial charge >= 0.3 is 0 Å². The number of aryl methyl sites for hydroxylation is 1. The highest BCUT2D eigenvalue weighted by Gasteiger charge is 2.30. The molecular weight excluding hydrogens is 244 g/mol. The van der Waals surface area contributed by atoms with Crippen molar-refractivity contribution in [2.24, 2.45) is 5.73 Å². The Bertz CT molecular complexity index is 419. The molecule has 0 aliphatic carbocycles. The van der Waals surface area contributed by atoms with Crippen LogP contribution in [-0.2, 0) is 16.1 Å². The van der Waals surface area contributed by atoms with Gasteiger partial charge in [-0.1, -0.05) is 13.3 Å². The zero-order chi connectivity index (χ0) is 13.7. The topological polar surface area (TPSA) is 82.2 Å². The third-order valence-corrected chi connectivity index (χ3v) is 3.35. The molecule has 6 nitrogen and oxygen atoms in total. The number of hydrogen-bond donors (Lipinski definition) is 2. The molecule has 1 aliphatic rings. The van der Waals surface area contributed by atoms with Crippen molar-refractivity contribution in [1.82, 2.24) is 9.78 Å². The summed E-state index contributed by atoms with van der Waals surface area (Å²) in [6.07, 6.45) is 5.05. The normalized spacial score (nSPS) is 22.6. The first-order valence-electron chi connectivity index (χ1n) is 6.92. The van der Waals surface area contributed by atoms with Gasteiger partial charge in [0.05, 0.1) is 12.3 Å². The monoisotopic (exact) mass is 266 g/mol. The second-order valence-corrected chi connectivity index (χ2v) is 4.84. The zero-order valence-corrected chi connectivity index (χ0v) is 11.3. The fourth-order valence-electron chi connectivity index (χ4n) is 2.20. The Morgan fingerprint density at radius 1 is 1.63 bits per heavy atom. The van der Waals surface area contributed by atoms with E-state index in [-0.39, 0.29) is 18.1 Å². The lowest BCUT2D eigenvalue weighted by molar-refractivity contribution is -0.126. The van der Waals surface area contributed by atoms with Gasteiger partial charge in [0.1, 0.15) is 11.9 Å². The lowest BCUT2D eigenvalue weighted by atomic mass is 10.2. The number of carbonyl (C=O) groups is 1. The van der Waals surface area contributed by atoms with Crippen LogP contribution in [0.4, 0.5) is 5.82 Å². The van der Waals surface area contributed by atoms with Crippen LogP contribution in [-0.4, -0.2) is 34.4 Å². The molecule has 1 aromatic heterocycles. The lowest BCUT2D eigenvalue weighted by Crippen LogP contribution is -2.30. The molecule has 106 valence electrons. The Morgan fingerprint density at radius 3 is 3.16 bits per heavy atom. The van der Waals surface area contributed by atoms with Crippen molar-refractivity contribution in [1.29, 1.82) is 0 Å². The van der Waals surface area contributed by atoms with Crippen LogP contribution in [0.15, 0.2) is 12.3 Å². The summed E-state index contributed by atoms with van der Waals surface area (Å²) in [6.45, 7) is 3.41. The van der Waals surface area contributed by atoms with E-state index in [2.05, 4.69) is 17.3 Å². The third-order valence-electron chi connectivity index (χ3n) is 3.35. The van der Waals surface area contributed by atoms with Gasteiger partial charge in [-0.2, -0.15) is 5.10 Å². The van der Waals surface area contributed by atoms with E-state index < -0.39 is 0 Å². The maximum Gasteiger partial charge on any atom is 0.254 e. The number of rotatable bonds is 6. The Kier molecular flexibility index (Phi) is 4.93. The quantitative estimate of drug-likeness (QED) is 0.808. The van der Waals surface area contributed by atoms with Crippen molar-refractivity contribution in [2.45, 2.75) is 51.4 Å². The number of nitrogens with one attached hydrogen (secondary N) is 1. The summed E-state index contributed by atoms with van der Waals surface area (Å²) in [4.78, 5) is 12.1. The smallest absolute Gasteiger partial charge is 0.254 e. The number of carbonyl (C=O) groups excluding carboxylic acids is 1. The molecule has 2 atom stereocenters. The number of nitrogens with zero attached hydrogens (tertiary/aromatic N) is 2. The van der Waals surface area contributed by atoms with Crippen LogP contribution >= 0.6 is 0 Å². The molecule has 0 unspecified atom stereocenters. The van der Waals surface area contributed by atoms with Crippen LogP contribution in [0.5, 0.6) is 0 Å². The van der Waals surface area contributed by atoms with Crippen LogP contribution in [0, 0.1) is 0 Å². The minimum Gasteiger partial charge on any atom is -0.364 e. The minimum absolute atomic E-state index is 0.0146. The SMILES string of the molecule is CCCCn1nccc1NC(=O)[C@@H]1CC[C@H](CN)O1. The average Bonchev–Trinajstić information content (AvgIpc) is 3.05. The standard InChI is InChI=1S/C13H22N4O2/c1-2-3-8-17-12(6-7-15-17)16-13(18)11-5-4-10(9-14)19-11/h6-7,10-11H,2-5,8-9,14H2,1H3,(H,16,18)/t10-,11+/m1/s1. The first-order chi connectivity index (χ1) is 9.24. The predicted molar refractivity (Wildman–Crippen MR) is 72.7 cm³/mol. The Hall–Kier alpha value is -1.40. The van der Waals surface area contributed by atoms with Crippen molar-refractivity contribution in [2.75, 3.05) is 11.9 Å². The van der Waals surface area contributed by atoms with Crippen LogP contribution in [0.25, 0.3) is 0 Å². The highest BCUT2D eigenvalue weighted by molar-refractivity contribution is 5.93. The van der Waals surface area contributed by atoms with Gasteiger partial charge < -0.3 is 15.8 Å². The number of anilines is 1. The van der Waals surface area contributed by atoms with Gasteiger partial charge in [0.15, 0.2) is 0 Å². The average molecular weight is 266 g/mol. The number of aromatic nitrogens is 2. The molecule has 0 saturated carbocycles. The van der Waals surface area contributed by atoms with E-state index in [1.165, 1.54) is 0 Å². The Labute approximate surface area is 113 Å². The molecule has 1 amide bonds. The van der Waals surface area contributed by atoms with Gasteiger partial charge in [-0.25, -0.2) is 4.68 Å². The fourth-order valence-corrected chi connectivity index (χ4v) is 2.20. The molecule has 1 fully saturated rings. The van der Waals surface area contributed by atoms with Crippen molar-refractivity contribution < 1.29 is 9.53 Å². The molecule has 1 saturated heterocycles. The third kappa shape index (κ3) is 3.54. The van der Waals surface area contributed by atoms with Gasteiger partial charge in [0.2, 0.25) is 0 Å². The summed E-state index contributed by atoms with van der Waals surface area (Å²) in [5.74, 6) is 0.632. The summed E-state index contributed by atoms with van der Waals surface area (Å²) >= 11 is 0. The highest BCUT2D eigenvalue weighted by Crippen LogP contribution is 2.20. The molecule has 1 aromatic rings. The maximum absolute atomic E-state index is 12.1. The van der Waals surface area contributed by atoms with Crippen molar-refractivity contribution in [3.63, 3.8) is 0 Å². The van der Waals surface area contributed by atoms with Gasteiger partial charge in [-0.3, -0.25) is 4.79 Å². The van der Waals surface area contributed by atoms with Gasteiger partial charge in [-0.05, 0) is 19.3 Å². The number of amides is 1. The Balaban J connectivity index is 1.90. The predicted octanol–water partition coefficient (Wildman–Crippen LogP) is 1.13. The fraction of sp³-hybridized carbons (Fsp3) is 0.692. The van der Waals surface area contributed by atoms with Crippen molar-refractivity contribution >= 4 is 11.7 Å².